The molecule has 1 aromatic carbocycles. The van der Waals surface area contributed by atoms with Crippen LogP contribution in [0, 0.1) is 6.92 Å². The molecule has 100 valence electrons. The Kier molecular flexibility index (Phi) is 5.58. The molecule has 0 heterocycles. The van der Waals surface area contributed by atoms with Gasteiger partial charge in [0.05, 0.1) is 0 Å². The third-order valence-corrected chi connectivity index (χ3v) is 5.35. The molecule has 1 nitrogen and oxygen atoms in total. The summed E-state index contributed by atoms with van der Waals surface area (Å²) in [5, 5.41) is 4.36. The first-order chi connectivity index (χ1) is 8.79. The zero-order valence-electron chi connectivity index (χ0n) is 11.6. The van der Waals surface area contributed by atoms with Crippen LogP contribution in [0.15, 0.2) is 24.3 Å². The van der Waals surface area contributed by atoms with E-state index < -0.39 is 0 Å². The van der Waals surface area contributed by atoms with E-state index in [9.17, 15) is 0 Å². The van der Waals surface area contributed by atoms with Crippen LogP contribution in [0.4, 0.5) is 0 Å². The average molecular weight is 263 g/mol. The zero-order valence-corrected chi connectivity index (χ0v) is 12.4. The maximum Gasteiger partial charge on any atom is 0.0409 e. The Labute approximate surface area is 116 Å². The van der Waals surface area contributed by atoms with Crippen LogP contribution in [0.3, 0.4) is 0 Å². The highest BCUT2D eigenvalue weighted by Gasteiger charge is 2.16. The third kappa shape index (κ3) is 4.03. The minimum Gasteiger partial charge on any atom is -0.312 e. The standard InChI is InChI=1S/C16H25NS/c1-13-8-10-14(11-9-13)16(17-2)12-18-15-6-4-3-5-7-15/h8-11,15-17H,3-7,12H2,1-2H3. The van der Waals surface area contributed by atoms with Gasteiger partial charge in [0.1, 0.15) is 0 Å². The van der Waals surface area contributed by atoms with Gasteiger partial charge in [0.25, 0.3) is 0 Å². The first kappa shape index (κ1) is 14.0. The van der Waals surface area contributed by atoms with Crippen LogP contribution in [0.25, 0.3) is 0 Å². The summed E-state index contributed by atoms with van der Waals surface area (Å²) in [7, 11) is 2.08. The normalized spacial score (nSPS) is 18.8. The van der Waals surface area contributed by atoms with Gasteiger partial charge in [0.2, 0.25) is 0 Å². The molecule has 0 aromatic heterocycles. The molecule has 18 heavy (non-hydrogen) atoms. The Bertz CT molecular complexity index is 341. The number of hydrogen-bond acceptors (Lipinski definition) is 2. The van der Waals surface area contributed by atoms with Gasteiger partial charge in [0.15, 0.2) is 0 Å². The smallest absolute Gasteiger partial charge is 0.0409 e. The van der Waals surface area contributed by atoms with Gasteiger partial charge in [-0.3, -0.25) is 0 Å². The van der Waals surface area contributed by atoms with E-state index >= 15 is 0 Å². The summed E-state index contributed by atoms with van der Waals surface area (Å²) in [5.74, 6) is 1.20. The SMILES string of the molecule is CNC(CSC1CCCCC1)c1ccc(C)cc1. The Morgan fingerprint density at radius 3 is 2.44 bits per heavy atom. The number of thioether (sulfide) groups is 1. The summed E-state index contributed by atoms with van der Waals surface area (Å²) in [4.78, 5) is 0. The molecule has 0 radical (unpaired) electrons. The fourth-order valence-corrected chi connectivity index (χ4v) is 4.10. The van der Waals surface area contributed by atoms with E-state index in [-0.39, 0.29) is 0 Å². The predicted octanol–water partition coefficient (Wildman–Crippen LogP) is 4.32. The second-order valence-corrected chi connectivity index (χ2v) is 6.68. The lowest BCUT2D eigenvalue weighted by molar-refractivity contribution is 0.515. The van der Waals surface area contributed by atoms with Crippen molar-refractivity contribution in [3.05, 3.63) is 35.4 Å². The topological polar surface area (TPSA) is 12.0 Å². The Balaban J connectivity index is 1.86. The minimum absolute atomic E-state index is 0.498. The second kappa shape index (κ2) is 7.20. The van der Waals surface area contributed by atoms with Gasteiger partial charge < -0.3 is 5.32 Å². The highest BCUT2D eigenvalue weighted by Crippen LogP contribution is 2.30. The summed E-state index contributed by atoms with van der Waals surface area (Å²) in [6.45, 7) is 2.15. The number of aryl methyl sites for hydroxylation is 1. The fourth-order valence-electron chi connectivity index (χ4n) is 2.61. The van der Waals surface area contributed by atoms with E-state index in [0.717, 1.165) is 5.25 Å². The van der Waals surface area contributed by atoms with Crippen molar-refractivity contribution in [1.82, 2.24) is 5.32 Å². The summed E-state index contributed by atoms with van der Waals surface area (Å²) in [5.41, 5.74) is 2.76. The summed E-state index contributed by atoms with van der Waals surface area (Å²) >= 11 is 2.17. The van der Waals surface area contributed by atoms with E-state index in [4.69, 9.17) is 0 Å². The Morgan fingerprint density at radius 1 is 1.17 bits per heavy atom. The maximum atomic E-state index is 3.46. The molecule has 1 fully saturated rings. The Morgan fingerprint density at radius 2 is 1.83 bits per heavy atom. The number of rotatable bonds is 5. The van der Waals surface area contributed by atoms with Crippen LogP contribution >= 0.6 is 11.8 Å². The molecule has 0 aliphatic heterocycles. The van der Waals surface area contributed by atoms with Crippen molar-refractivity contribution < 1.29 is 0 Å². The number of benzene rings is 1. The van der Waals surface area contributed by atoms with Crippen LogP contribution in [-0.2, 0) is 0 Å². The monoisotopic (exact) mass is 263 g/mol. The van der Waals surface area contributed by atoms with E-state index in [1.54, 1.807) is 0 Å². The highest BCUT2D eigenvalue weighted by molar-refractivity contribution is 7.99. The molecular formula is C16H25NS. The van der Waals surface area contributed by atoms with Gasteiger partial charge in [0, 0.05) is 17.0 Å². The van der Waals surface area contributed by atoms with Crippen LogP contribution < -0.4 is 5.32 Å². The van der Waals surface area contributed by atoms with Crippen molar-refractivity contribution in [1.29, 1.82) is 0 Å². The molecule has 0 saturated heterocycles. The summed E-state index contributed by atoms with van der Waals surface area (Å²) in [6, 6.07) is 9.45. The molecule has 1 aliphatic carbocycles. The fraction of sp³-hybridized carbons (Fsp3) is 0.625. The van der Waals surface area contributed by atoms with Gasteiger partial charge in [-0.05, 0) is 32.4 Å². The van der Waals surface area contributed by atoms with E-state index in [0.29, 0.717) is 6.04 Å². The average Bonchev–Trinajstić information content (AvgIpc) is 2.42. The molecular weight excluding hydrogens is 238 g/mol. The lowest BCUT2D eigenvalue weighted by atomic mass is 10.0. The van der Waals surface area contributed by atoms with E-state index in [2.05, 4.69) is 55.3 Å². The van der Waals surface area contributed by atoms with Crippen molar-refractivity contribution >= 4 is 11.8 Å². The molecule has 0 bridgehead atoms. The predicted molar refractivity (Wildman–Crippen MR) is 82.3 cm³/mol. The molecule has 1 N–H and O–H groups in total. The van der Waals surface area contributed by atoms with Gasteiger partial charge in [-0.1, -0.05) is 49.1 Å². The van der Waals surface area contributed by atoms with Gasteiger partial charge in [-0.15, -0.1) is 0 Å². The van der Waals surface area contributed by atoms with E-state index in [1.807, 2.05) is 0 Å². The van der Waals surface area contributed by atoms with Crippen molar-refractivity contribution in [2.75, 3.05) is 12.8 Å². The van der Waals surface area contributed by atoms with E-state index in [1.165, 1.54) is 49.0 Å². The molecule has 2 rings (SSSR count). The van der Waals surface area contributed by atoms with Crippen LogP contribution in [0.1, 0.15) is 49.3 Å². The van der Waals surface area contributed by atoms with Gasteiger partial charge >= 0.3 is 0 Å². The molecule has 0 amide bonds. The number of hydrogen-bond donors (Lipinski definition) is 1. The molecule has 0 spiro atoms. The third-order valence-electron chi connectivity index (χ3n) is 3.88. The largest absolute Gasteiger partial charge is 0.312 e. The van der Waals surface area contributed by atoms with Crippen molar-refractivity contribution in [2.45, 2.75) is 50.3 Å². The molecule has 2 heteroatoms. The van der Waals surface area contributed by atoms with Crippen LogP contribution in [-0.4, -0.2) is 18.1 Å². The van der Waals surface area contributed by atoms with Crippen LogP contribution in [0.2, 0.25) is 0 Å². The Hall–Kier alpha value is -0.470. The van der Waals surface area contributed by atoms with Crippen molar-refractivity contribution in [3.8, 4) is 0 Å². The first-order valence-electron chi connectivity index (χ1n) is 7.15. The molecule has 1 saturated carbocycles. The molecule has 1 aromatic rings. The molecule has 1 aliphatic rings. The van der Waals surface area contributed by atoms with Gasteiger partial charge in [-0.25, -0.2) is 0 Å². The lowest BCUT2D eigenvalue weighted by Gasteiger charge is -2.24. The minimum atomic E-state index is 0.498. The zero-order chi connectivity index (χ0) is 12.8. The van der Waals surface area contributed by atoms with Crippen molar-refractivity contribution in [3.63, 3.8) is 0 Å². The van der Waals surface area contributed by atoms with Crippen molar-refractivity contribution in [2.24, 2.45) is 0 Å². The summed E-state index contributed by atoms with van der Waals surface area (Å²) in [6.07, 6.45) is 7.17. The quantitative estimate of drug-likeness (QED) is 0.849. The molecule has 1 unspecified atom stereocenters. The van der Waals surface area contributed by atoms with Crippen LogP contribution in [0.5, 0.6) is 0 Å². The molecule has 1 atom stereocenters. The summed E-state index contributed by atoms with van der Waals surface area (Å²) < 4.78 is 0. The second-order valence-electron chi connectivity index (χ2n) is 5.35. The highest BCUT2D eigenvalue weighted by atomic mass is 32.2. The number of nitrogens with one attached hydrogen (secondary N) is 1. The maximum absolute atomic E-state index is 3.46. The lowest BCUT2D eigenvalue weighted by Crippen LogP contribution is -2.20. The van der Waals surface area contributed by atoms with Gasteiger partial charge in [-0.2, -0.15) is 11.8 Å². The first-order valence-corrected chi connectivity index (χ1v) is 8.20.